The first kappa shape index (κ1) is 14.4. The van der Waals surface area contributed by atoms with Gasteiger partial charge in [-0.05, 0) is 25.5 Å². The summed E-state index contributed by atoms with van der Waals surface area (Å²) in [7, 11) is 0. The van der Waals surface area contributed by atoms with E-state index in [2.05, 4.69) is 18.7 Å². The Morgan fingerprint density at radius 2 is 2.11 bits per heavy atom. The first-order valence-electron chi connectivity index (χ1n) is 6.59. The number of carbonyl (C=O) groups excluding carboxylic acids is 1. The lowest BCUT2D eigenvalue weighted by atomic mass is 10.1. The summed E-state index contributed by atoms with van der Waals surface area (Å²) in [6, 6.07) is 4.89. The minimum atomic E-state index is -0.416. The summed E-state index contributed by atoms with van der Waals surface area (Å²) in [5.41, 5.74) is 0.970. The molecule has 1 aromatic carbocycles. The Kier molecular flexibility index (Phi) is 4.19. The zero-order chi connectivity index (χ0) is 14.0. The standard InChI is InChI=1S/C15H20FNOS/c1-11(18)14-12(16)5-4-6-13(14)17-8-7-15(2,3)19-10-9-17/h4-6H,7-10H2,1-3H3. The van der Waals surface area contributed by atoms with Crippen LogP contribution in [-0.4, -0.2) is 29.4 Å². The number of ketones is 1. The Morgan fingerprint density at radius 3 is 2.79 bits per heavy atom. The minimum absolute atomic E-state index is 0.204. The van der Waals surface area contributed by atoms with Gasteiger partial charge in [-0.2, -0.15) is 11.8 Å². The zero-order valence-corrected chi connectivity index (χ0v) is 12.5. The van der Waals surface area contributed by atoms with Gasteiger partial charge in [0.25, 0.3) is 0 Å². The molecule has 1 aliphatic rings. The molecule has 0 spiro atoms. The number of benzene rings is 1. The molecule has 0 atom stereocenters. The molecule has 1 fully saturated rings. The molecule has 0 amide bonds. The molecule has 19 heavy (non-hydrogen) atoms. The molecule has 2 rings (SSSR count). The number of thioether (sulfide) groups is 1. The van der Waals surface area contributed by atoms with E-state index in [9.17, 15) is 9.18 Å². The van der Waals surface area contributed by atoms with Crippen LogP contribution >= 0.6 is 11.8 Å². The van der Waals surface area contributed by atoms with E-state index >= 15 is 0 Å². The zero-order valence-electron chi connectivity index (χ0n) is 11.7. The van der Waals surface area contributed by atoms with Gasteiger partial charge in [0.15, 0.2) is 5.78 Å². The van der Waals surface area contributed by atoms with Crippen LogP contribution in [0.25, 0.3) is 0 Å². The smallest absolute Gasteiger partial charge is 0.164 e. The van der Waals surface area contributed by atoms with Crippen molar-refractivity contribution >= 4 is 23.2 Å². The molecule has 0 radical (unpaired) electrons. The number of Topliss-reactive ketones (excluding diaryl/α,β-unsaturated/α-hetero) is 1. The SMILES string of the molecule is CC(=O)c1c(F)cccc1N1CCSC(C)(C)CC1. The van der Waals surface area contributed by atoms with E-state index in [1.807, 2.05) is 17.8 Å². The predicted molar refractivity (Wildman–Crippen MR) is 79.8 cm³/mol. The summed E-state index contributed by atoms with van der Waals surface area (Å²) in [5, 5.41) is 0. The lowest BCUT2D eigenvalue weighted by Crippen LogP contribution is -2.28. The van der Waals surface area contributed by atoms with Crippen LogP contribution in [0.5, 0.6) is 0 Å². The number of nitrogens with zero attached hydrogens (tertiary/aromatic N) is 1. The average Bonchev–Trinajstić information content (AvgIpc) is 2.49. The van der Waals surface area contributed by atoms with Gasteiger partial charge in [-0.1, -0.05) is 19.9 Å². The Bertz CT molecular complexity index is 487. The Balaban J connectivity index is 2.32. The largest absolute Gasteiger partial charge is 0.370 e. The van der Waals surface area contributed by atoms with Crippen molar-refractivity contribution in [3.63, 3.8) is 0 Å². The average molecular weight is 281 g/mol. The second-order valence-corrected chi connectivity index (χ2v) is 7.34. The van der Waals surface area contributed by atoms with Crippen LogP contribution < -0.4 is 4.90 Å². The fourth-order valence-corrected chi connectivity index (χ4v) is 3.49. The molecule has 104 valence electrons. The molecule has 0 unspecified atom stereocenters. The van der Waals surface area contributed by atoms with Gasteiger partial charge in [-0.3, -0.25) is 4.79 Å². The molecular formula is C15H20FNOS. The molecular weight excluding hydrogens is 261 g/mol. The quantitative estimate of drug-likeness (QED) is 0.770. The van der Waals surface area contributed by atoms with E-state index < -0.39 is 5.82 Å². The maximum Gasteiger partial charge on any atom is 0.164 e. The summed E-state index contributed by atoms with van der Waals surface area (Å²) in [6.07, 6.45) is 1.03. The third-order valence-electron chi connectivity index (χ3n) is 3.52. The lowest BCUT2D eigenvalue weighted by Gasteiger charge is -2.26. The molecule has 0 aromatic heterocycles. The van der Waals surface area contributed by atoms with Gasteiger partial charge < -0.3 is 4.90 Å². The fraction of sp³-hybridized carbons (Fsp3) is 0.533. The molecule has 1 heterocycles. The summed E-state index contributed by atoms with van der Waals surface area (Å²) in [6.45, 7) is 7.62. The molecule has 1 aliphatic heterocycles. The van der Waals surface area contributed by atoms with Crippen LogP contribution in [0.3, 0.4) is 0 Å². The Hall–Kier alpha value is -1.03. The van der Waals surface area contributed by atoms with Crippen molar-refractivity contribution in [3.8, 4) is 0 Å². The predicted octanol–water partition coefficient (Wildman–Crippen LogP) is 3.75. The fourth-order valence-electron chi connectivity index (χ4n) is 2.39. The van der Waals surface area contributed by atoms with Gasteiger partial charge in [0.05, 0.1) is 11.3 Å². The van der Waals surface area contributed by atoms with Crippen molar-refractivity contribution in [2.75, 3.05) is 23.7 Å². The number of rotatable bonds is 2. The molecule has 0 N–H and O–H groups in total. The van der Waals surface area contributed by atoms with Gasteiger partial charge >= 0.3 is 0 Å². The summed E-state index contributed by atoms with van der Waals surface area (Å²) in [5.74, 6) is 0.381. The first-order chi connectivity index (χ1) is 8.91. The topological polar surface area (TPSA) is 20.3 Å². The number of halogens is 1. The van der Waals surface area contributed by atoms with Crippen LogP contribution in [0.1, 0.15) is 37.6 Å². The number of carbonyl (C=O) groups is 1. The van der Waals surface area contributed by atoms with E-state index in [0.29, 0.717) is 0 Å². The van der Waals surface area contributed by atoms with Crippen molar-refractivity contribution in [1.29, 1.82) is 0 Å². The highest BCUT2D eigenvalue weighted by atomic mass is 32.2. The van der Waals surface area contributed by atoms with Gasteiger partial charge in [0.2, 0.25) is 0 Å². The van der Waals surface area contributed by atoms with Crippen LogP contribution in [0, 0.1) is 5.82 Å². The van der Waals surface area contributed by atoms with Crippen molar-refractivity contribution in [3.05, 3.63) is 29.6 Å². The van der Waals surface area contributed by atoms with Crippen molar-refractivity contribution in [1.82, 2.24) is 0 Å². The molecule has 4 heteroatoms. The maximum atomic E-state index is 13.9. The molecule has 0 aliphatic carbocycles. The molecule has 1 saturated heterocycles. The van der Waals surface area contributed by atoms with Gasteiger partial charge in [-0.25, -0.2) is 4.39 Å². The monoisotopic (exact) mass is 281 g/mol. The third-order valence-corrected chi connectivity index (χ3v) is 4.89. The second-order valence-electron chi connectivity index (χ2n) is 5.54. The summed E-state index contributed by atoms with van der Waals surface area (Å²) in [4.78, 5) is 13.8. The van der Waals surface area contributed by atoms with E-state index in [4.69, 9.17) is 0 Å². The second kappa shape index (κ2) is 5.53. The van der Waals surface area contributed by atoms with E-state index in [1.165, 1.54) is 13.0 Å². The highest BCUT2D eigenvalue weighted by molar-refractivity contribution is 8.00. The van der Waals surface area contributed by atoms with Crippen LogP contribution in [-0.2, 0) is 0 Å². The molecule has 0 saturated carbocycles. The Morgan fingerprint density at radius 1 is 1.37 bits per heavy atom. The van der Waals surface area contributed by atoms with Crippen LogP contribution in [0.4, 0.5) is 10.1 Å². The van der Waals surface area contributed by atoms with Crippen LogP contribution in [0.15, 0.2) is 18.2 Å². The normalized spacial score (nSPS) is 19.1. The van der Waals surface area contributed by atoms with Crippen molar-refractivity contribution < 1.29 is 9.18 Å². The van der Waals surface area contributed by atoms with Crippen molar-refractivity contribution in [2.45, 2.75) is 31.9 Å². The first-order valence-corrected chi connectivity index (χ1v) is 7.58. The van der Waals surface area contributed by atoms with E-state index in [0.717, 1.165) is 31.0 Å². The van der Waals surface area contributed by atoms with Crippen LogP contribution in [0.2, 0.25) is 0 Å². The molecule has 1 aromatic rings. The lowest BCUT2D eigenvalue weighted by molar-refractivity contribution is 0.101. The number of anilines is 1. The minimum Gasteiger partial charge on any atom is -0.370 e. The van der Waals surface area contributed by atoms with E-state index in [-0.39, 0.29) is 16.1 Å². The van der Waals surface area contributed by atoms with Gasteiger partial charge in [0, 0.05) is 23.6 Å². The third kappa shape index (κ3) is 3.30. The molecule has 0 bridgehead atoms. The number of hydrogen-bond acceptors (Lipinski definition) is 3. The highest BCUT2D eigenvalue weighted by Gasteiger charge is 2.26. The van der Waals surface area contributed by atoms with Gasteiger partial charge in [-0.15, -0.1) is 0 Å². The summed E-state index contributed by atoms with van der Waals surface area (Å²) >= 11 is 1.94. The van der Waals surface area contributed by atoms with Gasteiger partial charge in [0.1, 0.15) is 5.82 Å². The highest BCUT2D eigenvalue weighted by Crippen LogP contribution is 2.33. The van der Waals surface area contributed by atoms with E-state index in [1.54, 1.807) is 6.07 Å². The number of hydrogen-bond donors (Lipinski definition) is 0. The van der Waals surface area contributed by atoms with Crippen molar-refractivity contribution in [2.24, 2.45) is 0 Å². The Labute approximate surface area is 118 Å². The maximum absolute atomic E-state index is 13.9. The summed E-state index contributed by atoms with van der Waals surface area (Å²) < 4.78 is 14.1. The molecule has 2 nitrogen and oxygen atoms in total.